The summed E-state index contributed by atoms with van der Waals surface area (Å²) in [6.07, 6.45) is 0. The Morgan fingerprint density at radius 3 is 1.82 bits per heavy atom. The highest BCUT2D eigenvalue weighted by Gasteiger charge is 2.28. The molecule has 8 aromatic rings. The van der Waals surface area contributed by atoms with Crippen molar-refractivity contribution in [3.05, 3.63) is 146 Å². The lowest BCUT2D eigenvalue weighted by Gasteiger charge is -2.13. The van der Waals surface area contributed by atoms with E-state index in [2.05, 4.69) is 155 Å². The Morgan fingerprint density at radius 2 is 1.02 bits per heavy atom. The van der Waals surface area contributed by atoms with Crippen molar-refractivity contribution < 1.29 is 0 Å². The first-order chi connectivity index (χ1) is 19.9. The third-order valence-corrected chi connectivity index (χ3v) is 8.46. The van der Waals surface area contributed by atoms with Crippen molar-refractivity contribution in [2.45, 2.75) is 0 Å². The maximum absolute atomic E-state index is 2.49. The van der Waals surface area contributed by atoms with Crippen LogP contribution >= 0.6 is 0 Å². The lowest BCUT2D eigenvalue weighted by atomic mass is 9.91. The number of benzene rings is 6. The second-order valence-electron chi connectivity index (χ2n) is 10.6. The summed E-state index contributed by atoms with van der Waals surface area (Å²) in [6.45, 7) is 0. The highest BCUT2D eigenvalue weighted by Crippen LogP contribution is 2.49. The van der Waals surface area contributed by atoms with Crippen molar-refractivity contribution in [1.29, 1.82) is 0 Å². The van der Waals surface area contributed by atoms with E-state index in [9.17, 15) is 0 Å². The normalized spacial score (nSPS) is 12.0. The SMILES string of the molecule is c1ccc(-c2ccc3c(c2)-c2c4ccccc4n4c5ccc(-c6ccccc6)cc5n(c24)-c2ccccc2-3)cc1. The Hall–Kier alpha value is -5.34. The molecule has 1 aliphatic heterocycles. The molecule has 1 aliphatic rings. The molecule has 6 aromatic carbocycles. The van der Waals surface area contributed by atoms with E-state index in [0.29, 0.717) is 0 Å². The molecule has 0 unspecified atom stereocenters. The van der Waals surface area contributed by atoms with Gasteiger partial charge in [-0.2, -0.15) is 0 Å². The summed E-state index contributed by atoms with van der Waals surface area (Å²) in [4.78, 5) is 0. The second kappa shape index (κ2) is 8.08. The van der Waals surface area contributed by atoms with E-state index in [1.54, 1.807) is 0 Å². The Labute approximate surface area is 232 Å². The zero-order valence-electron chi connectivity index (χ0n) is 21.8. The fraction of sp³-hybridized carbons (Fsp3) is 0. The standard InChI is InChI=1S/C38H24N2/c1-3-11-25(12-4-1)27-19-21-29-30-15-7-9-17-33(30)40-36-24-28(26-13-5-2-6-14-26)20-22-35(36)39-34-18-10-8-16-31(34)37(38(39)40)32(29)23-27/h1-24H. The first-order valence-corrected chi connectivity index (χ1v) is 13.8. The van der Waals surface area contributed by atoms with Gasteiger partial charge < -0.3 is 0 Å². The summed E-state index contributed by atoms with van der Waals surface area (Å²) in [7, 11) is 0. The van der Waals surface area contributed by atoms with Gasteiger partial charge in [-0.3, -0.25) is 8.97 Å². The average molecular weight is 509 g/mol. The van der Waals surface area contributed by atoms with Crippen molar-refractivity contribution >= 4 is 27.6 Å². The van der Waals surface area contributed by atoms with Crippen molar-refractivity contribution in [1.82, 2.24) is 8.97 Å². The third kappa shape index (κ3) is 2.88. The Morgan fingerprint density at radius 1 is 0.375 bits per heavy atom. The largest absolute Gasteiger partial charge is 0.293 e. The van der Waals surface area contributed by atoms with Gasteiger partial charge in [0.05, 0.1) is 22.2 Å². The summed E-state index contributed by atoms with van der Waals surface area (Å²) >= 11 is 0. The molecule has 0 saturated heterocycles. The van der Waals surface area contributed by atoms with Crippen LogP contribution in [0.2, 0.25) is 0 Å². The van der Waals surface area contributed by atoms with Crippen molar-refractivity contribution in [3.8, 4) is 50.2 Å². The molecule has 0 N–H and O–H groups in total. The fourth-order valence-electron chi connectivity index (χ4n) is 6.70. The molecule has 2 aromatic heterocycles. The summed E-state index contributed by atoms with van der Waals surface area (Å²) in [5.74, 6) is 0. The van der Waals surface area contributed by atoms with Gasteiger partial charge in [0.2, 0.25) is 0 Å². The van der Waals surface area contributed by atoms with Gasteiger partial charge >= 0.3 is 0 Å². The molecule has 0 amide bonds. The van der Waals surface area contributed by atoms with Gasteiger partial charge in [-0.15, -0.1) is 0 Å². The van der Waals surface area contributed by atoms with Crippen LogP contribution in [0.5, 0.6) is 0 Å². The number of imidazole rings is 1. The number of rotatable bonds is 2. The zero-order chi connectivity index (χ0) is 26.2. The lowest BCUT2D eigenvalue weighted by Crippen LogP contribution is -1.95. The summed E-state index contributed by atoms with van der Waals surface area (Å²) in [5.41, 5.74) is 16.1. The third-order valence-electron chi connectivity index (χ3n) is 8.46. The predicted molar refractivity (Wildman–Crippen MR) is 167 cm³/mol. The minimum absolute atomic E-state index is 1.21. The number of hydrogen-bond acceptors (Lipinski definition) is 0. The minimum atomic E-state index is 1.21. The molecule has 0 aliphatic carbocycles. The van der Waals surface area contributed by atoms with Crippen molar-refractivity contribution in [2.24, 2.45) is 0 Å². The van der Waals surface area contributed by atoms with E-state index in [1.165, 1.54) is 77.8 Å². The first-order valence-electron chi connectivity index (χ1n) is 13.8. The molecule has 0 fully saturated rings. The van der Waals surface area contributed by atoms with E-state index in [0.717, 1.165) is 0 Å². The van der Waals surface area contributed by atoms with Crippen LogP contribution in [-0.4, -0.2) is 8.97 Å². The topological polar surface area (TPSA) is 9.34 Å². The fourth-order valence-corrected chi connectivity index (χ4v) is 6.70. The van der Waals surface area contributed by atoms with Crippen LogP contribution in [0, 0.1) is 0 Å². The van der Waals surface area contributed by atoms with Crippen LogP contribution in [0.4, 0.5) is 0 Å². The monoisotopic (exact) mass is 508 g/mol. The van der Waals surface area contributed by atoms with Gasteiger partial charge in [0.1, 0.15) is 5.65 Å². The molecule has 9 rings (SSSR count). The highest BCUT2D eigenvalue weighted by atomic mass is 15.1. The first kappa shape index (κ1) is 21.6. The van der Waals surface area contributed by atoms with Gasteiger partial charge in [-0.05, 0) is 63.7 Å². The second-order valence-corrected chi connectivity index (χ2v) is 10.6. The van der Waals surface area contributed by atoms with Crippen molar-refractivity contribution in [3.63, 3.8) is 0 Å². The van der Waals surface area contributed by atoms with E-state index in [-0.39, 0.29) is 0 Å². The Balaban J connectivity index is 1.48. The Bertz CT molecular complexity index is 2250. The van der Waals surface area contributed by atoms with Gasteiger partial charge in [0.15, 0.2) is 0 Å². The molecule has 186 valence electrons. The predicted octanol–water partition coefficient (Wildman–Crippen LogP) is 10.0. The van der Waals surface area contributed by atoms with Crippen molar-refractivity contribution in [2.75, 3.05) is 0 Å². The van der Waals surface area contributed by atoms with Crippen LogP contribution in [-0.2, 0) is 0 Å². The minimum Gasteiger partial charge on any atom is -0.293 e. The van der Waals surface area contributed by atoms with Crippen LogP contribution in [0.25, 0.3) is 77.8 Å². The molecule has 0 saturated carbocycles. The Kier molecular flexibility index (Phi) is 4.36. The molecule has 2 heteroatoms. The number of aromatic nitrogens is 2. The van der Waals surface area contributed by atoms with Gasteiger partial charge in [-0.1, -0.05) is 115 Å². The smallest absolute Gasteiger partial charge is 0.131 e. The molecule has 40 heavy (non-hydrogen) atoms. The van der Waals surface area contributed by atoms with Gasteiger partial charge in [0, 0.05) is 16.5 Å². The molecular formula is C38H24N2. The summed E-state index contributed by atoms with van der Waals surface area (Å²) in [5, 5.41) is 1.28. The number of fused-ring (bicyclic) bond motifs is 11. The average Bonchev–Trinajstić information content (AvgIpc) is 3.49. The highest BCUT2D eigenvalue weighted by molar-refractivity contribution is 6.14. The molecular weight excluding hydrogens is 484 g/mol. The molecule has 0 spiro atoms. The maximum atomic E-state index is 2.49. The molecule has 0 radical (unpaired) electrons. The quantitative estimate of drug-likeness (QED) is 0.220. The summed E-state index contributed by atoms with van der Waals surface area (Å²) < 4.78 is 4.96. The van der Waals surface area contributed by atoms with Gasteiger partial charge in [-0.25, -0.2) is 0 Å². The number of nitrogens with zero attached hydrogens (tertiary/aromatic N) is 2. The van der Waals surface area contributed by atoms with Crippen LogP contribution in [0.15, 0.2) is 146 Å². The van der Waals surface area contributed by atoms with Gasteiger partial charge in [0.25, 0.3) is 0 Å². The van der Waals surface area contributed by atoms with Crippen LogP contribution in [0.1, 0.15) is 0 Å². The summed E-state index contributed by atoms with van der Waals surface area (Å²) in [6, 6.07) is 53.0. The van der Waals surface area contributed by atoms with E-state index >= 15 is 0 Å². The molecule has 3 heterocycles. The molecule has 2 nitrogen and oxygen atoms in total. The van der Waals surface area contributed by atoms with E-state index in [4.69, 9.17) is 0 Å². The van der Waals surface area contributed by atoms with E-state index in [1.807, 2.05) is 0 Å². The zero-order valence-corrected chi connectivity index (χ0v) is 21.8. The molecule has 0 atom stereocenters. The number of hydrogen-bond donors (Lipinski definition) is 0. The molecule has 0 bridgehead atoms. The number of para-hydroxylation sites is 2. The van der Waals surface area contributed by atoms with E-state index < -0.39 is 0 Å². The maximum Gasteiger partial charge on any atom is 0.131 e. The van der Waals surface area contributed by atoms with Crippen LogP contribution in [0.3, 0.4) is 0 Å². The van der Waals surface area contributed by atoms with Crippen LogP contribution < -0.4 is 0 Å². The lowest BCUT2D eigenvalue weighted by molar-refractivity contribution is 1.16.